The number of nitrogens with two attached hydrogens (primary N) is 1. The lowest BCUT2D eigenvalue weighted by atomic mass is 9.99. The van der Waals surface area contributed by atoms with Crippen LogP contribution in [0.1, 0.15) is 30.0 Å². The lowest BCUT2D eigenvalue weighted by Crippen LogP contribution is -2.16. The van der Waals surface area contributed by atoms with E-state index < -0.39 is 23.6 Å². The van der Waals surface area contributed by atoms with Crippen LogP contribution in [0.5, 0.6) is 0 Å². The molecule has 102 valence electrons. The van der Waals surface area contributed by atoms with E-state index in [9.17, 15) is 17.6 Å². The Kier molecular flexibility index (Phi) is 6.35. The van der Waals surface area contributed by atoms with Crippen LogP contribution in [0.3, 0.4) is 0 Å². The normalized spacial score (nSPS) is 12.7. The Hall–Kier alpha value is -1.07. The Labute approximate surface area is 109 Å². The molecule has 1 nitrogen and oxygen atoms in total. The third-order valence-electron chi connectivity index (χ3n) is 2.42. The molecule has 0 heterocycles. The quantitative estimate of drug-likeness (QED) is 0.649. The van der Waals surface area contributed by atoms with Crippen molar-refractivity contribution in [2.45, 2.75) is 25.1 Å². The molecule has 0 amide bonds. The van der Waals surface area contributed by atoms with Crippen molar-refractivity contribution in [3.8, 4) is 0 Å². The molecule has 0 aliphatic rings. The number of rotatable bonds is 4. The highest BCUT2D eigenvalue weighted by Crippen LogP contribution is 2.34. The lowest BCUT2D eigenvalue weighted by molar-refractivity contribution is -0.140. The van der Waals surface area contributed by atoms with Crippen molar-refractivity contribution >= 4 is 12.4 Å². The first kappa shape index (κ1) is 16.9. The monoisotopic (exact) mass is 283 g/mol. The van der Waals surface area contributed by atoms with E-state index in [1.54, 1.807) is 6.08 Å². The minimum atomic E-state index is -4.70. The van der Waals surface area contributed by atoms with E-state index in [1.165, 1.54) is 6.07 Å². The van der Waals surface area contributed by atoms with Crippen LogP contribution in [0.2, 0.25) is 0 Å². The van der Waals surface area contributed by atoms with Crippen LogP contribution in [-0.4, -0.2) is 0 Å². The summed E-state index contributed by atoms with van der Waals surface area (Å²) < 4.78 is 51.0. The van der Waals surface area contributed by atoms with Gasteiger partial charge in [-0.3, -0.25) is 0 Å². The predicted octanol–water partition coefficient (Wildman–Crippen LogP) is 4.23. The van der Waals surface area contributed by atoms with Gasteiger partial charge in [-0.25, -0.2) is 4.39 Å². The first-order chi connectivity index (χ1) is 7.88. The van der Waals surface area contributed by atoms with Crippen LogP contribution >= 0.6 is 12.4 Å². The Morgan fingerprint density at radius 3 is 2.44 bits per heavy atom. The van der Waals surface area contributed by atoms with Gasteiger partial charge in [0, 0.05) is 11.6 Å². The van der Waals surface area contributed by atoms with E-state index in [-0.39, 0.29) is 18.0 Å². The van der Waals surface area contributed by atoms with E-state index in [1.807, 2.05) is 0 Å². The summed E-state index contributed by atoms with van der Waals surface area (Å²) in [4.78, 5) is 0. The van der Waals surface area contributed by atoms with Crippen molar-refractivity contribution in [1.82, 2.24) is 0 Å². The van der Waals surface area contributed by atoms with Crippen LogP contribution in [-0.2, 0) is 6.18 Å². The summed E-state index contributed by atoms with van der Waals surface area (Å²) in [6.45, 7) is 3.48. The minimum Gasteiger partial charge on any atom is -0.324 e. The molecule has 0 saturated carbocycles. The molecule has 0 fully saturated rings. The average Bonchev–Trinajstić information content (AvgIpc) is 2.24. The molecule has 0 aliphatic carbocycles. The highest BCUT2D eigenvalue weighted by atomic mass is 35.5. The van der Waals surface area contributed by atoms with Crippen molar-refractivity contribution in [3.05, 3.63) is 47.8 Å². The maximum absolute atomic E-state index is 13.6. The van der Waals surface area contributed by atoms with Gasteiger partial charge in [0.25, 0.3) is 0 Å². The van der Waals surface area contributed by atoms with Gasteiger partial charge in [-0.05, 0) is 18.9 Å². The largest absolute Gasteiger partial charge is 0.419 e. The number of alkyl halides is 3. The number of hydrogen-bond acceptors (Lipinski definition) is 1. The summed E-state index contributed by atoms with van der Waals surface area (Å²) in [6.07, 6.45) is -2.22. The third-order valence-corrected chi connectivity index (χ3v) is 2.42. The highest BCUT2D eigenvalue weighted by molar-refractivity contribution is 5.85. The van der Waals surface area contributed by atoms with Crippen LogP contribution in [0.15, 0.2) is 30.9 Å². The molecule has 0 aliphatic heterocycles. The van der Waals surface area contributed by atoms with Crippen molar-refractivity contribution < 1.29 is 17.6 Å². The molecule has 0 spiro atoms. The molecule has 0 aromatic heterocycles. The molecule has 0 bridgehead atoms. The fourth-order valence-corrected chi connectivity index (χ4v) is 1.51. The van der Waals surface area contributed by atoms with Crippen LogP contribution in [0, 0.1) is 5.82 Å². The number of allylic oxidation sites excluding steroid dienone is 1. The van der Waals surface area contributed by atoms with Gasteiger partial charge >= 0.3 is 6.18 Å². The maximum Gasteiger partial charge on any atom is 0.419 e. The molecule has 6 heteroatoms. The molecule has 1 atom stereocenters. The summed E-state index contributed by atoms with van der Waals surface area (Å²) in [5, 5.41) is 0. The van der Waals surface area contributed by atoms with Gasteiger partial charge in [0.1, 0.15) is 5.82 Å². The molecule has 0 saturated heterocycles. The molecular formula is C12H14ClF4N. The first-order valence-corrected chi connectivity index (χ1v) is 5.10. The molecule has 1 aromatic rings. The van der Waals surface area contributed by atoms with E-state index in [4.69, 9.17) is 5.73 Å². The average molecular weight is 284 g/mol. The van der Waals surface area contributed by atoms with Gasteiger partial charge in [0.15, 0.2) is 0 Å². The van der Waals surface area contributed by atoms with Gasteiger partial charge in [-0.15, -0.1) is 19.0 Å². The summed E-state index contributed by atoms with van der Waals surface area (Å²) >= 11 is 0. The summed E-state index contributed by atoms with van der Waals surface area (Å²) in [5.41, 5.74) is 4.26. The van der Waals surface area contributed by atoms with Gasteiger partial charge in [-0.1, -0.05) is 18.2 Å². The second-order valence-corrected chi connectivity index (χ2v) is 3.68. The first-order valence-electron chi connectivity index (χ1n) is 5.10. The molecule has 18 heavy (non-hydrogen) atoms. The Bertz CT molecular complexity index is 404. The van der Waals surface area contributed by atoms with Crippen molar-refractivity contribution in [3.63, 3.8) is 0 Å². The minimum absolute atomic E-state index is 0. The smallest absolute Gasteiger partial charge is 0.324 e. The van der Waals surface area contributed by atoms with E-state index >= 15 is 0 Å². The third kappa shape index (κ3) is 3.99. The molecule has 1 aromatic carbocycles. The summed E-state index contributed by atoms with van der Waals surface area (Å²) in [6, 6.07) is 2.39. The van der Waals surface area contributed by atoms with Crippen LogP contribution in [0.25, 0.3) is 0 Å². The van der Waals surface area contributed by atoms with Gasteiger partial charge in [-0.2, -0.15) is 13.2 Å². The van der Waals surface area contributed by atoms with Crippen molar-refractivity contribution in [1.29, 1.82) is 0 Å². The second kappa shape index (κ2) is 6.75. The SMILES string of the molecule is C=CCC[C@@H](N)c1cccc(C(F)(F)F)c1F.Cl. The molecule has 1 rings (SSSR count). The second-order valence-electron chi connectivity index (χ2n) is 3.68. The van der Waals surface area contributed by atoms with Gasteiger partial charge in [0.05, 0.1) is 5.56 Å². The van der Waals surface area contributed by atoms with E-state index in [0.29, 0.717) is 18.9 Å². The van der Waals surface area contributed by atoms with Crippen molar-refractivity contribution in [2.75, 3.05) is 0 Å². The Balaban J connectivity index is 0.00000289. The number of benzene rings is 1. The molecular weight excluding hydrogens is 270 g/mol. The standard InChI is InChI=1S/C12H13F4N.ClH/c1-2-3-7-10(17)8-5-4-6-9(11(8)13)12(14,15)16;/h2,4-6,10H,1,3,7,17H2;1H/t10-;/m1./s1. The molecule has 0 radical (unpaired) electrons. The van der Waals surface area contributed by atoms with Gasteiger partial charge < -0.3 is 5.73 Å². The summed E-state index contributed by atoms with van der Waals surface area (Å²) in [7, 11) is 0. The molecule has 2 N–H and O–H groups in total. The highest BCUT2D eigenvalue weighted by Gasteiger charge is 2.35. The Morgan fingerprint density at radius 1 is 1.33 bits per heavy atom. The van der Waals surface area contributed by atoms with E-state index in [2.05, 4.69) is 6.58 Å². The zero-order valence-corrected chi connectivity index (χ0v) is 10.3. The fourth-order valence-electron chi connectivity index (χ4n) is 1.51. The zero-order chi connectivity index (χ0) is 13.1. The van der Waals surface area contributed by atoms with Crippen LogP contribution in [0.4, 0.5) is 17.6 Å². The zero-order valence-electron chi connectivity index (χ0n) is 9.51. The summed E-state index contributed by atoms with van der Waals surface area (Å²) in [5.74, 6) is -1.28. The fraction of sp³-hybridized carbons (Fsp3) is 0.333. The van der Waals surface area contributed by atoms with Crippen molar-refractivity contribution in [2.24, 2.45) is 5.73 Å². The lowest BCUT2D eigenvalue weighted by Gasteiger charge is -2.15. The number of hydrogen-bond donors (Lipinski definition) is 1. The maximum atomic E-state index is 13.6. The predicted molar refractivity (Wildman–Crippen MR) is 65.0 cm³/mol. The topological polar surface area (TPSA) is 26.0 Å². The van der Waals surface area contributed by atoms with E-state index in [0.717, 1.165) is 6.07 Å². The Morgan fingerprint density at radius 2 is 1.94 bits per heavy atom. The molecule has 0 unspecified atom stereocenters. The van der Waals surface area contributed by atoms with Crippen LogP contribution < -0.4 is 5.73 Å². The van der Waals surface area contributed by atoms with Gasteiger partial charge in [0.2, 0.25) is 0 Å². The number of halogens is 5.